The Bertz CT molecular complexity index is 1080. The predicted molar refractivity (Wildman–Crippen MR) is 118 cm³/mol. The summed E-state index contributed by atoms with van der Waals surface area (Å²) in [6.45, 7) is -0.329. The summed E-state index contributed by atoms with van der Waals surface area (Å²) in [4.78, 5) is 28.5. The highest BCUT2D eigenvalue weighted by Crippen LogP contribution is 2.47. The van der Waals surface area contributed by atoms with Gasteiger partial charge in [0.15, 0.2) is 6.61 Å². The molecule has 0 saturated heterocycles. The van der Waals surface area contributed by atoms with Crippen molar-refractivity contribution in [3.63, 3.8) is 0 Å². The third-order valence-corrected chi connectivity index (χ3v) is 5.86. The van der Waals surface area contributed by atoms with E-state index >= 15 is 0 Å². The molecule has 3 amide bonds. The minimum Gasteiger partial charge on any atom is -0.482 e. The molecule has 3 aromatic rings. The number of nitrogens with zero attached hydrogens (tertiary/aromatic N) is 1. The van der Waals surface area contributed by atoms with Crippen molar-refractivity contribution in [3.8, 4) is 5.75 Å². The first kappa shape index (κ1) is 20.4. The zero-order chi connectivity index (χ0) is 21.1. The number of urea groups is 1. The number of carbonyl (C=O) groups is 2. The molecule has 0 spiro atoms. The third-order valence-electron chi connectivity index (χ3n) is 4.20. The summed E-state index contributed by atoms with van der Waals surface area (Å²) in [6.07, 6.45) is 0. The Morgan fingerprint density at radius 2 is 1.53 bits per heavy atom. The van der Waals surface area contributed by atoms with E-state index in [1.54, 1.807) is 23.9 Å². The molecule has 1 aliphatic rings. The van der Waals surface area contributed by atoms with E-state index in [1.807, 2.05) is 48.5 Å². The van der Waals surface area contributed by atoms with Crippen LogP contribution in [0, 0.1) is 0 Å². The predicted octanol–water partition coefficient (Wildman–Crippen LogP) is 5.42. The molecule has 30 heavy (non-hydrogen) atoms. The molecular formula is C21H15Cl2N3O3S. The van der Waals surface area contributed by atoms with Gasteiger partial charge in [-0.25, -0.2) is 10.2 Å². The number of anilines is 2. The summed E-state index contributed by atoms with van der Waals surface area (Å²) < 4.78 is 5.37. The number of carbonyl (C=O) groups excluding carboxylic acids is 2. The standard InChI is InChI=1S/C21H15Cl2N3O3S/c22-13-9-10-17(14(23)11-13)29-12-20(27)24-25-21(28)26-15-5-1-3-7-18(15)30-19-8-4-2-6-16(19)26/h1-11H,12H2,(H,24,27)(H,25,28). The second-order valence-corrected chi connectivity index (χ2v) is 8.14. The highest BCUT2D eigenvalue weighted by molar-refractivity contribution is 7.99. The van der Waals surface area contributed by atoms with Gasteiger partial charge in [0.05, 0.1) is 16.4 Å². The monoisotopic (exact) mass is 459 g/mol. The van der Waals surface area contributed by atoms with E-state index in [9.17, 15) is 9.59 Å². The molecule has 1 heterocycles. The number of benzene rings is 3. The molecule has 0 aromatic heterocycles. The van der Waals surface area contributed by atoms with Gasteiger partial charge in [0.25, 0.3) is 5.91 Å². The summed E-state index contributed by atoms with van der Waals surface area (Å²) in [5.41, 5.74) is 6.27. The number of para-hydroxylation sites is 2. The van der Waals surface area contributed by atoms with Crippen LogP contribution < -0.4 is 20.5 Å². The van der Waals surface area contributed by atoms with Crippen molar-refractivity contribution in [1.29, 1.82) is 0 Å². The maximum Gasteiger partial charge on any atom is 0.345 e. The van der Waals surface area contributed by atoms with Gasteiger partial charge in [0.2, 0.25) is 0 Å². The average molecular weight is 460 g/mol. The Labute approximate surface area is 187 Å². The minimum absolute atomic E-state index is 0.290. The SMILES string of the molecule is O=C(COc1ccc(Cl)cc1Cl)NNC(=O)N1c2ccccc2Sc2ccccc21. The second-order valence-electron chi connectivity index (χ2n) is 6.21. The lowest BCUT2D eigenvalue weighted by Gasteiger charge is -2.30. The van der Waals surface area contributed by atoms with E-state index in [2.05, 4.69) is 10.9 Å². The first-order valence-corrected chi connectivity index (χ1v) is 10.4. The molecule has 9 heteroatoms. The topological polar surface area (TPSA) is 70.7 Å². The molecule has 0 aliphatic carbocycles. The number of hydrogen-bond donors (Lipinski definition) is 2. The Morgan fingerprint density at radius 3 is 2.17 bits per heavy atom. The quantitative estimate of drug-likeness (QED) is 0.513. The number of hydrogen-bond acceptors (Lipinski definition) is 4. The van der Waals surface area contributed by atoms with Gasteiger partial charge < -0.3 is 4.74 Å². The number of amides is 3. The van der Waals surface area contributed by atoms with E-state index in [0.29, 0.717) is 15.8 Å². The maximum atomic E-state index is 12.9. The van der Waals surface area contributed by atoms with Crippen molar-refractivity contribution >= 4 is 58.3 Å². The summed E-state index contributed by atoms with van der Waals surface area (Å²) in [5, 5.41) is 0.752. The van der Waals surface area contributed by atoms with Gasteiger partial charge in [0, 0.05) is 14.8 Å². The van der Waals surface area contributed by atoms with Crippen LogP contribution in [0.3, 0.4) is 0 Å². The van der Waals surface area contributed by atoms with Crippen molar-refractivity contribution in [3.05, 3.63) is 76.8 Å². The van der Waals surface area contributed by atoms with Crippen molar-refractivity contribution in [2.75, 3.05) is 11.5 Å². The first-order chi connectivity index (χ1) is 14.5. The summed E-state index contributed by atoms with van der Waals surface area (Å²) >= 11 is 13.4. The number of fused-ring (bicyclic) bond motifs is 2. The third kappa shape index (κ3) is 4.33. The molecule has 0 atom stereocenters. The number of ether oxygens (including phenoxy) is 1. The Balaban J connectivity index is 1.42. The Morgan fingerprint density at radius 1 is 0.900 bits per heavy atom. The molecule has 1 aliphatic heterocycles. The van der Waals surface area contributed by atoms with Gasteiger partial charge in [-0.3, -0.25) is 15.1 Å². The molecule has 0 saturated carbocycles. The van der Waals surface area contributed by atoms with Crippen LogP contribution >= 0.6 is 35.0 Å². The van der Waals surface area contributed by atoms with Crippen LogP contribution in [0.2, 0.25) is 10.0 Å². The van der Waals surface area contributed by atoms with E-state index in [-0.39, 0.29) is 6.61 Å². The van der Waals surface area contributed by atoms with Crippen LogP contribution in [0.4, 0.5) is 16.2 Å². The van der Waals surface area contributed by atoms with Gasteiger partial charge in [0.1, 0.15) is 5.75 Å². The molecule has 152 valence electrons. The smallest absolute Gasteiger partial charge is 0.345 e. The average Bonchev–Trinajstić information content (AvgIpc) is 2.75. The maximum absolute atomic E-state index is 12.9. The Kier molecular flexibility index (Phi) is 6.03. The highest BCUT2D eigenvalue weighted by atomic mass is 35.5. The minimum atomic E-state index is -0.540. The van der Waals surface area contributed by atoms with E-state index in [1.165, 1.54) is 11.0 Å². The normalized spacial score (nSPS) is 11.9. The molecule has 0 unspecified atom stereocenters. The van der Waals surface area contributed by atoms with Gasteiger partial charge in [-0.1, -0.05) is 59.2 Å². The zero-order valence-corrected chi connectivity index (χ0v) is 17.7. The molecule has 2 N–H and O–H groups in total. The molecule has 3 aromatic carbocycles. The molecule has 0 radical (unpaired) electrons. The van der Waals surface area contributed by atoms with Crippen molar-refractivity contribution < 1.29 is 14.3 Å². The lowest BCUT2D eigenvalue weighted by atomic mass is 10.2. The van der Waals surface area contributed by atoms with Gasteiger partial charge in [-0.15, -0.1) is 0 Å². The lowest BCUT2D eigenvalue weighted by Crippen LogP contribution is -2.49. The van der Waals surface area contributed by atoms with Crippen molar-refractivity contribution in [2.45, 2.75) is 9.79 Å². The van der Waals surface area contributed by atoms with Crippen molar-refractivity contribution in [2.24, 2.45) is 0 Å². The van der Waals surface area contributed by atoms with Gasteiger partial charge >= 0.3 is 6.03 Å². The van der Waals surface area contributed by atoms with Gasteiger partial charge in [-0.2, -0.15) is 0 Å². The highest BCUT2D eigenvalue weighted by Gasteiger charge is 2.28. The zero-order valence-electron chi connectivity index (χ0n) is 15.4. The first-order valence-electron chi connectivity index (χ1n) is 8.85. The van der Waals surface area contributed by atoms with Crippen LogP contribution in [0.1, 0.15) is 0 Å². The van der Waals surface area contributed by atoms with E-state index in [4.69, 9.17) is 27.9 Å². The number of rotatable bonds is 3. The number of hydrazine groups is 1. The largest absolute Gasteiger partial charge is 0.482 e. The fraction of sp³-hybridized carbons (Fsp3) is 0.0476. The Hall–Kier alpha value is -2.87. The van der Waals surface area contributed by atoms with Crippen LogP contribution in [0.5, 0.6) is 5.75 Å². The fourth-order valence-corrected chi connectivity index (χ4v) is 4.40. The summed E-state index contributed by atoms with van der Waals surface area (Å²) in [7, 11) is 0. The summed E-state index contributed by atoms with van der Waals surface area (Å²) in [5.74, 6) is -0.222. The molecule has 6 nitrogen and oxygen atoms in total. The number of nitrogens with one attached hydrogen (secondary N) is 2. The number of halogens is 2. The lowest BCUT2D eigenvalue weighted by molar-refractivity contribution is -0.123. The molecule has 0 fully saturated rings. The fourth-order valence-electron chi connectivity index (χ4n) is 2.87. The second kappa shape index (κ2) is 8.87. The van der Waals surface area contributed by atoms with Crippen LogP contribution in [-0.2, 0) is 4.79 Å². The molecule has 0 bridgehead atoms. The van der Waals surface area contributed by atoms with Crippen LogP contribution in [0.15, 0.2) is 76.5 Å². The molecular weight excluding hydrogens is 445 g/mol. The van der Waals surface area contributed by atoms with Gasteiger partial charge in [-0.05, 0) is 42.5 Å². The van der Waals surface area contributed by atoms with E-state index < -0.39 is 11.9 Å². The molecule has 4 rings (SSSR count). The van der Waals surface area contributed by atoms with Crippen LogP contribution in [0.25, 0.3) is 0 Å². The van der Waals surface area contributed by atoms with E-state index in [0.717, 1.165) is 21.2 Å². The van der Waals surface area contributed by atoms with Crippen molar-refractivity contribution in [1.82, 2.24) is 10.9 Å². The van der Waals surface area contributed by atoms with Crippen LogP contribution in [-0.4, -0.2) is 18.5 Å². The summed E-state index contributed by atoms with van der Waals surface area (Å²) in [6, 6.07) is 19.3.